The SMILES string of the molecule is CCN(CCCNC(=O)c1cn2ccnc(-c3ccccc3)c2n1)Cc1ccccc1. The van der Waals surface area contributed by atoms with Gasteiger partial charge < -0.3 is 9.72 Å². The predicted molar refractivity (Wildman–Crippen MR) is 123 cm³/mol. The van der Waals surface area contributed by atoms with Crippen LogP contribution in [0.15, 0.2) is 79.3 Å². The van der Waals surface area contributed by atoms with Gasteiger partial charge in [0.05, 0.1) is 0 Å². The summed E-state index contributed by atoms with van der Waals surface area (Å²) in [6.07, 6.45) is 6.18. The largest absolute Gasteiger partial charge is 0.351 e. The number of hydrogen-bond acceptors (Lipinski definition) is 4. The Hall–Kier alpha value is -3.51. The molecule has 0 atom stereocenters. The van der Waals surface area contributed by atoms with E-state index in [0.29, 0.717) is 17.9 Å². The minimum Gasteiger partial charge on any atom is -0.351 e. The van der Waals surface area contributed by atoms with Crippen molar-refractivity contribution in [3.8, 4) is 11.3 Å². The van der Waals surface area contributed by atoms with Gasteiger partial charge >= 0.3 is 0 Å². The van der Waals surface area contributed by atoms with Crippen molar-refractivity contribution in [1.82, 2.24) is 24.6 Å². The molecule has 158 valence electrons. The molecule has 2 aromatic carbocycles. The third-order valence-corrected chi connectivity index (χ3v) is 5.29. The molecule has 6 nitrogen and oxygen atoms in total. The average Bonchev–Trinajstić information content (AvgIpc) is 3.27. The molecule has 0 spiro atoms. The Morgan fingerprint density at radius 1 is 1.06 bits per heavy atom. The molecule has 0 radical (unpaired) electrons. The Morgan fingerprint density at radius 3 is 2.55 bits per heavy atom. The number of aromatic nitrogens is 3. The number of nitrogens with one attached hydrogen (secondary N) is 1. The molecule has 0 saturated carbocycles. The highest BCUT2D eigenvalue weighted by Gasteiger charge is 2.14. The van der Waals surface area contributed by atoms with E-state index in [2.05, 4.69) is 51.4 Å². The molecule has 1 amide bonds. The maximum absolute atomic E-state index is 12.6. The second-order valence-electron chi connectivity index (χ2n) is 7.46. The molecule has 0 aliphatic heterocycles. The number of rotatable bonds is 9. The lowest BCUT2D eigenvalue weighted by molar-refractivity contribution is 0.0947. The van der Waals surface area contributed by atoms with Crippen molar-refractivity contribution in [3.05, 3.63) is 90.5 Å². The topological polar surface area (TPSA) is 62.5 Å². The first-order valence-electron chi connectivity index (χ1n) is 10.7. The van der Waals surface area contributed by atoms with Crippen molar-refractivity contribution in [2.45, 2.75) is 19.9 Å². The third-order valence-electron chi connectivity index (χ3n) is 5.29. The second-order valence-corrected chi connectivity index (χ2v) is 7.46. The molecule has 0 aliphatic rings. The van der Waals surface area contributed by atoms with Gasteiger partial charge in [0, 0.05) is 43.8 Å². The Balaban J connectivity index is 1.34. The zero-order chi connectivity index (χ0) is 21.5. The van der Waals surface area contributed by atoms with Crippen LogP contribution in [0.25, 0.3) is 16.9 Å². The summed E-state index contributed by atoms with van der Waals surface area (Å²) in [7, 11) is 0. The highest BCUT2D eigenvalue weighted by Crippen LogP contribution is 2.21. The number of imidazole rings is 1. The number of hydrogen-bond donors (Lipinski definition) is 1. The molecule has 2 heterocycles. The standard InChI is InChI=1S/C25H27N5O/c1-2-29(18-20-10-5-3-6-11-20)16-9-14-27-25(31)22-19-30-17-15-26-23(24(30)28-22)21-12-7-4-8-13-21/h3-8,10-13,15,17,19H,2,9,14,16,18H2,1H3,(H,27,31). The fourth-order valence-corrected chi connectivity index (χ4v) is 3.61. The maximum Gasteiger partial charge on any atom is 0.271 e. The fraction of sp³-hybridized carbons (Fsp3) is 0.240. The Bertz CT molecular complexity index is 1120. The summed E-state index contributed by atoms with van der Waals surface area (Å²) in [5, 5.41) is 3.00. The molecule has 2 aromatic heterocycles. The fourth-order valence-electron chi connectivity index (χ4n) is 3.61. The summed E-state index contributed by atoms with van der Waals surface area (Å²) in [5.74, 6) is -0.159. The predicted octanol–water partition coefficient (Wildman–Crippen LogP) is 4.04. The van der Waals surface area contributed by atoms with Crippen molar-refractivity contribution in [2.75, 3.05) is 19.6 Å². The highest BCUT2D eigenvalue weighted by atomic mass is 16.1. The van der Waals surface area contributed by atoms with Crippen LogP contribution in [0.3, 0.4) is 0 Å². The second kappa shape index (κ2) is 10.00. The van der Waals surface area contributed by atoms with Crippen LogP contribution in [0, 0.1) is 0 Å². The first-order valence-corrected chi connectivity index (χ1v) is 10.7. The Kier molecular flexibility index (Phi) is 6.69. The van der Waals surface area contributed by atoms with Crippen molar-refractivity contribution in [1.29, 1.82) is 0 Å². The third kappa shape index (κ3) is 5.16. The van der Waals surface area contributed by atoms with E-state index in [0.717, 1.165) is 37.3 Å². The smallest absolute Gasteiger partial charge is 0.271 e. The molecule has 0 fully saturated rings. The number of benzene rings is 2. The minimum atomic E-state index is -0.159. The summed E-state index contributed by atoms with van der Waals surface area (Å²) in [6.45, 7) is 5.61. The van der Waals surface area contributed by atoms with Gasteiger partial charge in [-0.3, -0.25) is 14.7 Å². The number of nitrogens with zero attached hydrogens (tertiary/aromatic N) is 4. The molecule has 4 aromatic rings. The van der Waals surface area contributed by atoms with Gasteiger partial charge in [0.15, 0.2) is 5.65 Å². The van der Waals surface area contributed by atoms with Crippen molar-refractivity contribution >= 4 is 11.6 Å². The van der Waals surface area contributed by atoms with Crippen molar-refractivity contribution in [2.24, 2.45) is 0 Å². The number of amides is 1. The van der Waals surface area contributed by atoms with E-state index in [1.807, 2.05) is 47.0 Å². The molecule has 0 bridgehead atoms. The molecule has 1 N–H and O–H groups in total. The van der Waals surface area contributed by atoms with Gasteiger partial charge in [-0.15, -0.1) is 0 Å². The van der Waals surface area contributed by atoms with Crippen LogP contribution in [-0.2, 0) is 6.54 Å². The van der Waals surface area contributed by atoms with E-state index >= 15 is 0 Å². The van der Waals surface area contributed by atoms with Gasteiger partial charge in [-0.2, -0.15) is 0 Å². The van der Waals surface area contributed by atoms with E-state index < -0.39 is 0 Å². The van der Waals surface area contributed by atoms with E-state index in [9.17, 15) is 4.79 Å². The van der Waals surface area contributed by atoms with Crippen LogP contribution in [0.2, 0.25) is 0 Å². The van der Waals surface area contributed by atoms with Gasteiger partial charge in [0.25, 0.3) is 5.91 Å². The quantitative estimate of drug-likeness (QED) is 0.421. The van der Waals surface area contributed by atoms with E-state index in [1.165, 1.54) is 5.56 Å². The number of fused-ring (bicyclic) bond motifs is 1. The molecular weight excluding hydrogens is 386 g/mol. The first-order chi connectivity index (χ1) is 15.2. The lowest BCUT2D eigenvalue weighted by Gasteiger charge is -2.20. The Morgan fingerprint density at radius 2 is 1.81 bits per heavy atom. The summed E-state index contributed by atoms with van der Waals surface area (Å²) >= 11 is 0. The lowest BCUT2D eigenvalue weighted by Crippen LogP contribution is -2.30. The normalized spacial score (nSPS) is 11.2. The van der Waals surface area contributed by atoms with E-state index in [1.54, 1.807) is 12.4 Å². The van der Waals surface area contributed by atoms with Gasteiger partial charge in [0.1, 0.15) is 11.4 Å². The van der Waals surface area contributed by atoms with E-state index in [-0.39, 0.29) is 5.91 Å². The van der Waals surface area contributed by atoms with Gasteiger partial charge in [-0.1, -0.05) is 67.6 Å². The van der Waals surface area contributed by atoms with Crippen molar-refractivity contribution < 1.29 is 4.79 Å². The number of carbonyl (C=O) groups excluding carboxylic acids is 1. The van der Waals surface area contributed by atoms with Crippen LogP contribution in [0.4, 0.5) is 0 Å². The molecule has 31 heavy (non-hydrogen) atoms. The summed E-state index contributed by atoms with van der Waals surface area (Å²) < 4.78 is 1.85. The zero-order valence-corrected chi connectivity index (χ0v) is 17.7. The molecule has 0 unspecified atom stereocenters. The van der Waals surface area contributed by atoms with Gasteiger partial charge in [-0.05, 0) is 18.5 Å². The highest BCUT2D eigenvalue weighted by molar-refractivity contribution is 5.93. The summed E-state index contributed by atoms with van der Waals surface area (Å²) in [5.41, 5.74) is 4.13. The first kappa shape index (κ1) is 20.8. The van der Waals surface area contributed by atoms with Gasteiger partial charge in [0.2, 0.25) is 0 Å². The lowest BCUT2D eigenvalue weighted by atomic mass is 10.1. The van der Waals surface area contributed by atoms with Crippen LogP contribution in [0.1, 0.15) is 29.4 Å². The molecule has 6 heteroatoms. The molecule has 0 saturated heterocycles. The average molecular weight is 414 g/mol. The Labute approximate surface area is 182 Å². The zero-order valence-electron chi connectivity index (χ0n) is 17.7. The maximum atomic E-state index is 12.6. The molecular formula is C25H27N5O. The monoisotopic (exact) mass is 413 g/mol. The van der Waals surface area contributed by atoms with Crippen LogP contribution in [0.5, 0.6) is 0 Å². The van der Waals surface area contributed by atoms with Crippen LogP contribution < -0.4 is 5.32 Å². The summed E-state index contributed by atoms with van der Waals surface area (Å²) in [6, 6.07) is 20.3. The number of carbonyl (C=O) groups is 1. The molecule has 4 rings (SSSR count). The minimum absolute atomic E-state index is 0.159. The van der Waals surface area contributed by atoms with Crippen LogP contribution >= 0.6 is 0 Å². The van der Waals surface area contributed by atoms with E-state index in [4.69, 9.17) is 0 Å². The van der Waals surface area contributed by atoms with Crippen molar-refractivity contribution in [3.63, 3.8) is 0 Å². The van der Waals surface area contributed by atoms with Gasteiger partial charge in [-0.25, -0.2) is 4.98 Å². The van der Waals surface area contributed by atoms with Crippen LogP contribution in [-0.4, -0.2) is 44.8 Å². The summed E-state index contributed by atoms with van der Waals surface area (Å²) in [4.78, 5) is 24.0. The molecule has 0 aliphatic carbocycles.